The second-order valence-corrected chi connectivity index (χ2v) is 66.6. The van der Waals surface area contributed by atoms with Crippen molar-refractivity contribution in [1.82, 2.24) is 0 Å². The topological polar surface area (TPSA) is 0 Å². The maximum Gasteiger partial charge on any atom is -0.147 e. The summed E-state index contributed by atoms with van der Waals surface area (Å²) in [5.74, 6) is 0. The molecule has 0 unspecified atom stereocenters. The van der Waals surface area contributed by atoms with Gasteiger partial charge in [0.05, 0.1) is 0 Å². The van der Waals surface area contributed by atoms with Crippen LogP contribution in [-0.4, -0.2) is 11.0 Å². The molecule has 0 bridgehead atoms. The van der Waals surface area contributed by atoms with Gasteiger partial charge >= 0.3 is 408 Å². The van der Waals surface area contributed by atoms with Gasteiger partial charge in [0.1, 0.15) is 0 Å². The summed E-state index contributed by atoms with van der Waals surface area (Å²) in [4.78, 5) is 0. The van der Waals surface area contributed by atoms with E-state index in [-0.39, 0.29) is 35.8 Å². The summed E-state index contributed by atoms with van der Waals surface area (Å²) < 4.78 is 7.57. The fourth-order valence-corrected chi connectivity index (χ4v) is 63.3. The van der Waals surface area contributed by atoms with Gasteiger partial charge < -0.3 is 0 Å². The summed E-state index contributed by atoms with van der Waals surface area (Å²) in [5, 5.41) is 0. The van der Waals surface area contributed by atoms with Gasteiger partial charge in [0.25, 0.3) is 0 Å². The molecule has 8 rings (SSSR count). The average molecular weight is 1280 g/mol. The molecule has 4 aliphatic carbocycles. The standard InChI is InChI=1S/4C14H15.2C2H6Si.2ClH.2Hf/c4*1-3-12-6-4-5-7-14(12)13-9-8-11(2)10-13;2*1-3-2;;;;/h4*4-7,10H,3,9H2,1-2H3;2*1-2H3;2*1H;;. The van der Waals surface area contributed by atoms with Crippen molar-refractivity contribution in [2.45, 2.75) is 133 Å². The van der Waals surface area contributed by atoms with Crippen LogP contribution in [0.5, 0.6) is 0 Å². The van der Waals surface area contributed by atoms with E-state index >= 15 is 0 Å². The third-order valence-corrected chi connectivity index (χ3v) is 64.4. The summed E-state index contributed by atoms with van der Waals surface area (Å²) in [6.07, 6.45) is 19.4. The van der Waals surface area contributed by atoms with Crippen LogP contribution in [0.4, 0.5) is 0 Å². The summed E-state index contributed by atoms with van der Waals surface area (Å²) in [7, 11) is 0. The molecule has 344 valence electrons. The Morgan fingerprint density at radius 2 is 0.545 bits per heavy atom. The van der Waals surface area contributed by atoms with Gasteiger partial charge in [-0.2, -0.15) is 0 Å². The molecule has 66 heavy (non-hydrogen) atoms. The normalized spacial score (nSPS) is 15.5. The molecule has 0 N–H and O–H groups in total. The van der Waals surface area contributed by atoms with E-state index in [4.69, 9.17) is 0 Å². The molecule has 0 aliphatic heterocycles. The molecular formula is C60H74Cl2Hf2Si2. The number of rotatable bonds is 12. The Bertz CT molecular complexity index is 2450. The van der Waals surface area contributed by atoms with E-state index in [2.05, 4.69) is 203 Å². The molecule has 0 spiro atoms. The Hall–Kier alpha value is -2.45. The van der Waals surface area contributed by atoms with Gasteiger partial charge in [-0.1, -0.05) is 0 Å². The fraction of sp³-hybridized carbons (Fsp3) is 0.333. The van der Waals surface area contributed by atoms with Crippen molar-refractivity contribution in [1.29, 1.82) is 0 Å². The van der Waals surface area contributed by atoms with Crippen LogP contribution in [0.15, 0.2) is 157 Å². The van der Waals surface area contributed by atoms with Crippen molar-refractivity contribution in [3.8, 4) is 0 Å². The molecule has 0 atom stereocenters. The van der Waals surface area contributed by atoms with E-state index in [1.807, 2.05) is 13.3 Å². The Labute approximate surface area is 428 Å². The van der Waals surface area contributed by atoms with Crippen LogP contribution in [0.25, 0.3) is 22.3 Å². The fourth-order valence-electron chi connectivity index (χ4n) is 10.9. The van der Waals surface area contributed by atoms with Gasteiger partial charge in [-0.25, -0.2) is 0 Å². The van der Waals surface area contributed by atoms with Crippen LogP contribution >= 0.6 is 24.8 Å². The number of aryl methyl sites for hydroxylation is 4. The molecule has 0 nitrogen and oxygen atoms in total. The van der Waals surface area contributed by atoms with Crippen LogP contribution in [0.1, 0.15) is 126 Å². The van der Waals surface area contributed by atoms with Gasteiger partial charge in [-0.15, -0.1) is 24.8 Å². The molecule has 4 aromatic carbocycles. The first-order valence-corrected chi connectivity index (χ1v) is 47.2. The molecule has 4 aromatic rings. The predicted octanol–water partition coefficient (Wildman–Crippen LogP) is 17.8. The van der Waals surface area contributed by atoms with Crippen molar-refractivity contribution in [3.05, 3.63) is 201 Å². The second kappa shape index (κ2) is 24.9. The molecule has 0 heterocycles. The molecule has 6 heteroatoms. The zero-order valence-electron chi connectivity index (χ0n) is 42.0. The van der Waals surface area contributed by atoms with Crippen molar-refractivity contribution >= 4 is 58.1 Å². The summed E-state index contributed by atoms with van der Waals surface area (Å²) >= 11 is -4.17. The maximum absolute atomic E-state index is 2.60. The Morgan fingerprint density at radius 1 is 0.348 bits per heavy atom. The Balaban J connectivity index is 0.000000240. The van der Waals surface area contributed by atoms with Crippen molar-refractivity contribution in [3.63, 3.8) is 0 Å². The molecule has 0 fully saturated rings. The van der Waals surface area contributed by atoms with Crippen molar-refractivity contribution < 1.29 is 40.1 Å². The summed E-state index contributed by atoms with van der Waals surface area (Å²) in [6, 6.07) is 36.2. The van der Waals surface area contributed by atoms with E-state index < -0.39 is 40.1 Å². The Kier molecular flexibility index (Phi) is 20.6. The van der Waals surface area contributed by atoms with Gasteiger partial charge in [-0.3, -0.25) is 0 Å². The van der Waals surface area contributed by atoms with E-state index in [1.54, 1.807) is 44.6 Å². The SMILES string of the molecule is CCc1ccccc1C1=CC(C)=[C]([Hf]([C]2=C(C)C=C(c3ccccc3CC)C2)=[Si](C)C)C1.CCc1ccccc1C1=CC(C)=[C]([Hf]([C]2=C(C)C=C(c3ccccc3CC)C2)=[Si](C)C)C1.Cl.Cl. The first-order valence-electron chi connectivity index (χ1n) is 24.2. The quantitative estimate of drug-likeness (QED) is 0.124. The number of allylic oxidation sites excluding steroid dienone is 16. The van der Waals surface area contributed by atoms with E-state index in [0.29, 0.717) is 0 Å². The van der Waals surface area contributed by atoms with Gasteiger partial charge in [0, 0.05) is 0 Å². The van der Waals surface area contributed by atoms with Gasteiger partial charge in [0.2, 0.25) is 0 Å². The molecular weight excluding hydrogens is 1200 g/mol. The number of hydrogen-bond donors (Lipinski definition) is 0. The third kappa shape index (κ3) is 11.9. The summed E-state index contributed by atoms with van der Waals surface area (Å²) in [6.45, 7) is 29.1. The predicted molar refractivity (Wildman–Crippen MR) is 294 cm³/mol. The van der Waals surface area contributed by atoms with Crippen LogP contribution in [0.3, 0.4) is 0 Å². The largest absolute Gasteiger partial charge is 0.147 e. The number of hydrogen-bond acceptors (Lipinski definition) is 0. The van der Waals surface area contributed by atoms with Crippen LogP contribution in [0, 0.1) is 0 Å². The first kappa shape index (κ1) is 54.5. The molecule has 4 aliphatic rings. The molecule has 0 amide bonds. The van der Waals surface area contributed by atoms with Gasteiger partial charge in [-0.05, 0) is 0 Å². The van der Waals surface area contributed by atoms with E-state index in [0.717, 1.165) is 25.7 Å². The molecule has 0 radical (unpaired) electrons. The van der Waals surface area contributed by atoms with Crippen molar-refractivity contribution in [2.24, 2.45) is 0 Å². The minimum absolute atomic E-state index is 0. The third-order valence-electron chi connectivity index (χ3n) is 14.1. The smallest absolute Gasteiger partial charge is 0.147 e. The minimum atomic E-state index is -2.08. The van der Waals surface area contributed by atoms with Crippen LogP contribution < -0.4 is 0 Å². The Morgan fingerprint density at radius 3 is 0.727 bits per heavy atom. The second-order valence-electron chi connectivity index (χ2n) is 18.8. The van der Waals surface area contributed by atoms with E-state index in [1.165, 1.54) is 70.2 Å². The van der Waals surface area contributed by atoms with Crippen LogP contribution in [-0.2, 0) is 65.8 Å². The van der Waals surface area contributed by atoms with E-state index in [9.17, 15) is 0 Å². The molecule has 0 saturated heterocycles. The average Bonchev–Trinajstić information content (AvgIpc) is 4.09. The zero-order chi connectivity index (χ0) is 45.7. The number of benzene rings is 4. The number of halogens is 2. The van der Waals surface area contributed by atoms with Crippen LogP contribution in [0.2, 0.25) is 26.2 Å². The summed E-state index contributed by atoms with van der Waals surface area (Å²) in [5.41, 5.74) is 24.0. The maximum atomic E-state index is 2.60. The molecule has 0 saturated carbocycles. The van der Waals surface area contributed by atoms with Crippen molar-refractivity contribution in [2.75, 3.05) is 0 Å². The molecule has 0 aromatic heterocycles. The zero-order valence-corrected chi connectivity index (χ0v) is 52.8. The van der Waals surface area contributed by atoms with Gasteiger partial charge in [0.15, 0.2) is 0 Å². The first-order chi connectivity index (χ1) is 30.9. The minimum Gasteiger partial charge on any atom is -0.147 e. The monoisotopic (exact) mass is 1280 g/mol.